The van der Waals surface area contributed by atoms with Gasteiger partial charge in [0.05, 0.1) is 12.7 Å². The maximum atomic E-state index is 11.8. The molecule has 3 N–H and O–H groups in total. The Bertz CT molecular complexity index is 375. The highest BCUT2D eigenvalue weighted by Crippen LogP contribution is 2.25. The van der Waals surface area contributed by atoms with Crippen molar-refractivity contribution in [3.05, 3.63) is 11.8 Å². The number of carbonyl (C=O) groups is 1. The van der Waals surface area contributed by atoms with Gasteiger partial charge in [-0.05, 0) is 31.6 Å². The molecule has 0 bridgehead atoms. The molecule has 0 aromatic heterocycles. The third-order valence-corrected chi connectivity index (χ3v) is 3.43. The van der Waals surface area contributed by atoms with E-state index in [1.165, 1.54) is 0 Å². The number of ether oxygens (including phenoxy) is 1. The molecular weight excluding hydrogens is 253 g/mol. The Morgan fingerprint density at radius 3 is 3.22 bits per heavy atom. The van der Waals surface area contributed by atoms with Crippen molar-refractivity contribution in [3.63, 3.8) is 0 Å². The van der Waals surface area contributed by atoms with Gasteiger partial charge in [0.25, 0.3) is 0 Å². The van der Waals surface area contributed by atoms with Gasteiger partial charge >= 0.3 is 6.03 Å². The van der Waals surface area contributed by atoms with E-state index in [0.717, 1.165) is 18.4 Å². The Balaban J connectivity index is 1.96. The van der Waals surface area contributed by atoms with Crippen LogP contribution in [0.15, 0.2) is 11.8 Å². The Kier molecular flexibility index (Phi) is 4.35. The van der Waals surface area contributed by atoms with Crippen LogP contribution in [0.5, 0.6) is 0 Å². The molecule has 18 heavy (non-hydrogen) atoms. The molecule has 3 unspecified atom stereocenters. The fourth-order valence-corrected chi connectivity index (χ4v) is 2.32. The molecule has 2 heterocycles. The van der Waals surface area contributed by atoms with Crippen molar-refractivity contribution in [1.82, 2.24) is 10.2 Å². The molecule has 0 spiro atoms. The Labute approximate surface area is 108 Å². The standard InChI is InChI=1S/C11H18N3O3P/c1-7-5-14(11(15)13-10(7)12)9-4-3-8(17-9)6-16-18-2/h5,8-10H,2-4,6,12H2,1H3,(H,13,15). The summed E-state index contributed by atoms with van der Waals surface area (Å²) >= 11 is 0. The minimum absolute atomic E-state index is 0.0290. The lowest BCUT2D eigenvalue weighted by molar-refractivity contribution is -0.0317. The van der Waals surface area contributed by atoms with Crippen LogP contribution in [0.1, 0.15) is 19.8 Å². The predicted octanol–water partition coefficient (Wildman–Crippen LogP) is 1.02. The van der Waals surface area contributed by atoms with Crippen LogP contribution in [0.4, 0.5) is 4.79 Å². The summed E-state index contributed by atoms with van der Waals surface area (Å²) in [5.41, 5.74) is 6.64. The Hall–Kier alpha value is -0.940. The van der Waals surface area contributed by atoms with E-state index in [1.807, 2.05) is 6.92 Å². The van der Waals surface area contributed by atoms with Crippen molar-refractivity contribution in [2.75, 3.05) is 6.61 Å². The zero-order chi connectivity index (χ0) is 13.1. The molecular formula is C11H18N3O3P. The van der Waals surface area contributed by atoms with Crippen LogP contribution in [-0.4, -0.2) is 42.3 Å². The van der Waals surface area contributed by atoms with E-state index in [2.05, 4.69) is 11.6 Å². The summed E-state index contributed by atoms with van der Waals surface area (Å²) in [4.78, 5) is 13.4. The first-order chi connectivity index (χ1) is 8.61. The molecule has 0 aromatic carbocycles. The van der Waals surface area contributed by atoms with Crippen molar-refractivity contribution < 1.29 is 14.1 Å². The van der Waals surface area contributed by atoms with E-state index in [1.54, 1.807) is 11.1 Å². The molecule has 7 heteroatoms. The first kappa shape index (κ1) is 13.5. The van der Waals surface area contributed by atoms with Gasteiger partial charge < -0.3 is 20.3 Å². The van der Waals surface area contributed by atoms with Crippen LogP contribution in [-0.2, 0) is 9.26 Å². The van der Waals surface area contributed by atoms with E-state index >= 15 is 0 Å². The second kappa shape index (κ2) is 5.80. The number of rotatable bonds is 4. The molecule has 1 fully saturated rings. The monoisotopic (exact) mass is 271 g/mol. The highest BCUT2D eigenvalue weighted by atomic mass is 31.1. The van der Waals surface area contributed by atoms with Crippen molar-refractivity contribution >= 4 is 20.8 Å². The maximum absolute atomic E-state index is 11.8. The molecule has 3 atom stereocenters. The summed E-state index contributed by atoms with van der Waals surface area (Å²) in [5, 5.41) is 2.69. The normalized spacial score (nSPS) is 32.6. The summed E-state index contributed by atoms with van der Waals surface area (Å²) < 4.78 is 11.0. The molecule has 0 aliphatic carbocycles. The molecule has 0 saturated carbocycles. The summed E-state index contributed by atoms with van der Waals surface area (Å²) in [6.45, 7) is 2.40. The summed E-state index contributed by atoms with van der Waals surface area (Å²) in [6.07, 6.45) is 6.41. The summed E-state index contributed by atoms with van der Waals surface area (Å²) in [7, 11) is 0.647. The lowest BCUT2D eigenvalue weighted by Gasteiger charge is -2.32. The molecule has 2 aliphatic rings. The summed E-state index contributed by atoms with van der Waals surface area (Å²) in [5.74, 6) is 0. The quantitative estimate of drug-likeness (QED) is 0.748. The third-order valence-electron chi connectivity index (χ3n) is 3.09. The molecule has 0 radical (unpaired) electrons. The number of hydrogen-bond acceptors (Lipinski definition) is 4. The van der Waals surface area contributed by atoms with Gasteiger partial charge in [-0.1, -0.05) is 0 Å². The molecule has 0 aromatic rings. The zero-order valence-electron chi connectivity index (χ0n) is 10.3. The third kappa shape index (κ3) is 2.90. The van der Waals surface area contributed by atoms with Gasteiger partial charge in [-0.3, -0.25) is 4.90 Å². The number of urea groups is 1. The van der Waals surface area contributed by atoms with Crippen LogP contribution >= 0.6 is 8.43 Å². The molecule has 2 aliphatic heterocycles. The highest BCUT2D eigenvalue weighted by molar-refractivity contribution is 7.30. The van der Waals surface area contributed by atoms with E-state index in [4.69, 9.17) is 15.0 Å². The lowest BCUT2D eigenvalue weighted by Crippen LogP contribution is -2.54. The largest absolute Gasteiger partial charge is 0.352 e. The van der Waals surface area contributed by atoms with Crippen LogP contribution in [0, 0.1) is 0 Å². The number of hydrogen-bond donors (Lipinski definition) is 2. The Morgan fingerprint density at radius 2 is 2.50 bits per heavy atom. The highest BCUT2D eigenvalue weighted by Gasteiger charge is 2.34. The fourth-order valence-electron chi connectivity index (χ4n) is 2.04. The van der Waals surface area contributed by atoms with Gasteiger partial charge in [-0.25, -0.2) is 4.79 Å². The zero-order valence-corrected chi connectivity index (χ0v) is 11.2. The van der Waals surface area contributed by atoms with Gasteiger partial charge in [-0.15, -0.1) is 0 Å². The van der Waals surface area contributed by atoms with Crippen LogP contribution in [0.25, 0.3) is 0 Å². The minimum atomic E-state index is -0.403. The molecule has 2 amide bonds. The molecule has 6 nitrogen and oxygen atoms in total. The van der Waals surface area contributed by atoms with Crippen molar-refractivity contribution in [3.8, 4) is 0 Å². The van der Waals surface area contributed by atoms with Gasteiger partial charge in [0.2, 0.25) is 0 Å². The minimum Gasteiger partial charge on any atom is -0.352 e. The van der Waals surface area contributed by atoms with Crippen LogP contribution in [0.3, 0.4) is 0 Å². The molecule has 1 saturated heterocycles. The average Bonchev–Trinajstić information content (AvgIpc) is 2.79. The number of nitrogens with one attached hydrogen (secondary N) is 1. The first-order valence-corrected chi connectivity index (χ1v) is 6.87. The van der Waals surface area contributed by atoms with Gasteiger partial charge in [0.1, 0.15) is 12.4 Å². The number of amides is 2. The smallest absolute Gasteiger partial charge is 0.325 e. The van der Waals surface area contributed by atoms with Crippen LogP contribution < -0.4 is 11.1 Å². The molecule has 2 rings (SSSR count). The maximum Gasteiger partial charge on any atom is 0.325 e. The number of nitrogens with two attached hydrogens (primary N) is 1. The van der Waals surface area contributed by atoms with E-state index in [-0.39, 0.29) is 18.4 Å². The fraction of sp³-hybridized carbons (Fsp3) is 0.636. The van der Waals surface area contributed by atoms with Crippen molar-refractivity contribution in [2.24, 2.45) is 5.73 Å². The predicted molar refractivity (Wildman–Crippen MR) is 70.0 cm³/mol. The van der Waals surface area contributed by atoms with E-state index in [9.17, 15) is 4.79 Å². The van der Waals surface area contributed by atoms with Crippen LogP contribution in [0.2, 0.25) is 0 Å². The van der Waals surface area contributed by atoms with Gasteiger partial charge in [0.15, 0.2) is 0 Å². The average molecular weight is 271 g/mol. The Morgan fingerprint density at radius 1 is 1.72 bits per heavy atom. The van der Waals surface area contributed by atoms with E-state index in [0.29, 0.717) is 15.0 Å². The second-order valence-electron chi connectivity index (χ2n) is 4.42. The van der Waals surface area contributed by atoms with Crippen molar-refractivity contribution in [1.29, 1.82) is 0 Å². The second-order valence-corrected chi connectivity index (χ2v) is 4.94. The summed E-state index contributed by atoms with van der Waals surface area (Å²) in [6, 6.07) is -0.213. The first-order valence-electron chi connectivity index (χ1n) is 5.88. The van der Waals surface area contributed by atoms with Gasteiger partial charge in [-0.2, -0.15) is 0 Å². The van der Waals surface area contributed by atoms with Gasteiger partial charge in [0, 0.05) is 14.6 Å². The SMILES string of the molecule is C=POCC1CCC(N2C=C(C)C(N)NC2=O)O1. The topological polar surface area (TPSA) is 76.8 Å². The van der Waals surface area contributed by atoms with E-state index < -0.39 is 6.17 Å². The number of nitrogens with zero attached hydrogens (tertiary/aromatic N) is 1. The lowest BCUT2D eigenvalue weighted by atomic mass is 10.2. The molecule has 100 valence electrons. The van der Waals surface area contributed by atoms with Crippen molar-refractivity contribution in [2.45, 2.75) is 38.3 Å². The number of carbonyl (C=O) groups excluding carboxylic acids is 1.